The molecule has 29 heavy (non-hydrogen) atoms. The van der Waals surface area contributed by atoms with Gasteiger partial charge in [-0.15, -0.1) is 0 Å². The molecule has 1 aliphatic heterocycles. The van der Waals surface area contributed by atoms with Gasteiger partial charge in [0.25, 0.3) is 0 Å². The number of hydrogen-bond donors (Lipinski definition) is 2. The summed E-state index contributed by atoms with van der Waals surface area (Å²) in [6, 6.07) is 12.1. The minimum Gasteiger partial charge on any atom is -0.494 e. The van der Waals surface area contributed by atoms with Gasteiger partial charge in [0.15, 0.2) is 6.17 Å². The average Bonchev–Trinajstić information content (AvgIpc) is 2.67. The molecule has 6 nitrogen and oxygen atoms in total. The first-order chi connectivity index (χ1) is 13.8. The molecule has 3 rings (SSSR count). The highest BCUT2D eigenvalue weighted by atomic mass is 35.5. The van der Waals surface area contributed by atoms with E-state index in [4.69, 9.17) is 27.8 Å². The minimum absolute atomic E-state index is 0.00553. The normalized spacial score (nSPS) is 17.0. The van der Waals surface area contributed by atoms with E-state index in [0.717, 1.165) is 6.07 Å². The Kier molecular flexibility index (Phi) is 6.17. The highest BCUT2D eigenvalue weighted by Crippen LogP contribution is 2.37. The van der Waals surface area contributed by atoms with Crippen molar-refractivity contribution < 1.29 is 17.9 Å². The summed E-state index contributed by atoms with van der Waals surface area (Å²) in [5.41, 5.74) is 10.8. The van der Waals surface area contributed by atoms with Gasteiger partial charge in [0.2, 0.25) is 11.9 Å². The van der Waals surface area contributed by atoms with Crippen LogP contribution in [0.15, 0.2) is 58.5 Å². The van der Waals surface area contributed by atoms with Crippen LogP contribution in [0.4, 0.5) is 13.2 Å². The van der Waals surface area contributed by atoms with E-state index in [1.54, 1.807) is 24.3 Å². The Morgan fingerprint density at radius 1 is 1.07 bits per heavy atom. The number of ether oxygens (including phenoxy) is 1. The molecule has 2 aromatic rings. The van der Waals surface area contributed by atoms with Gasteiger partial charge >= 0.3 is 6.18 Å². The number of benzene rings is 2. The number of nitrogens with zero attached hydrogens (tertiary/aromatic N) is 3. The smallest absolute Gasteiger partial charge is 0.416 e. The molecule has 0 saturated carbocycles. The Balaban J connectivity index is 1.74. The Morgan fingerprint density at radius 3 is 2.45 bits per heavy atom. The van der Waals surface area contributed by atoms with Crippen LogP contribution in [-0.4, -0.2) is 30.0 Å². The second-order valence-electron chi connectivity index (χ2n) is 6.27. The quantitative estimate of drug-likeness (QED) is 0.689. The van der Waals surface area contributed by atoms with Gasteiger partial charge in [-0.1, -0.05) is 29.8 Å². The van der Waals surface area contributed by atoms with Crippen LogP contribution in [0.5, 0.6) is 5.75 Å². The monoisotopic (exact) mass is 425 g/mol. The van der Waals surface area contributed by atoms with Crippen molar-refractivity contribution in [1.29, 1.82) is 0 Å². The highest BCUT2D eigenvalue weighted by molar-refractivity contribution is 6.30. The van der Waals surface area contributed by atoms with Gasteiger partial charge in [-0.2, -0.15) is 18.2 Å². The summed E-state index contributed by atoms with van der Waals surface area (Å²) in [5.74, 6) is 0.472. The summed E-state index contributed by atoms with van der Waals surface area (Å²) in [5, 5.41) is 0.594. The van der Waals surface area contributed by atoms with Crippen LogP contribution in [0.2, 0.25) is 5.02 Å². The van der Waals surface area contributed by atoms with Gasteiger partial charge < -0.3 is 21.1 Å². The number of hydrogen-bond acceptors (Lipinski definition) is 6. The van der Waals surface area contributed by atoms with Crippen molar-refractivity contribution in [3.63, 3.8) is 0 Å². The van der Waals surface area contributed by atoms with E-state index >= 15 is 0 Å². The summed E-state index contributed by atoms with van der Waals surface area (Å²) >= 11 is 5.83. The van der Waals surface area contributed by atoms with Crippen molar-refractivity contribution in [3.8, 4) is 5.75 Å². The van der Waals surface area contributed by atoms with Crippen LogP contribution in [0.25, 0.3) is 0 Å². The molecule has 0 spiro atoms. The molecule has 0 saturated heterocycles. The Hall–Kier alpha value is -2.94. The van der Waals surface area contributed by atoms with Gasteiger partial charge in [-0.25, -0.2) is 4.99 Å². The zero-order valence-electron chi connectivity index (χ0n) is 15.2. The lowest BCUT2D eigenvalue weighted by molar-refractivity contribution is -0.138. The van der Waals surface area contributed by atoms with Gasteiger partial charge in [0.05, 0.1) is 12.2 Å². The topological polar surface area (TPSA) is 89.2 Å². The molecule has 1 heterocycles. The lowest BCUT2D eigenvalue weighted by atomic mass is 10.0. The molecular formula is C19H19ClF3N5O. The van der Waals surface area contributed by atoms with Crippen LogP contribution in [-0.2, 0) is 6.18 Å². The molecule has 4 N–H and O–H groups in total. The molecule has 1 atom stereocenters. The molecule has 10 heteroatoms. The van der Waals surface area contributed by atoms with Crippen molar-refractivity contribution in [1.82, 2.24) is 4.90 Å². The first-order valence-corrected chi connectivity index (χ1v) is 9.12. The van der Waals surface area contributed by atoms with Crippen LogP contribution in [0, 0.1) is 0 Å². The molecule has 0 aliphatic carbocycles. The van der Waals surface area contributed by atoms with Crippen molar-refractivity contribution >= 4 is 23.5 Å². The summed E-state index contributed by atoms with van der Waals surface area (Å²) < 4.78 is 46.0. The SMILES string of the molecule is NC1=NC(c2ccccc2C(F)(F)F)N(CCCOc2ccc(Cl)cc2)C(N)=N1. The van der Waals surface area contributed by atoms with Gasteiger partial charge in [-0.3, -0.25) is 0 Å². The molecule has 0 aromatic heterocycles. The first-order valence-electron chi connectivity index (χ1n) is 8.74. The molecule has 154 valence electrons. The van der Waals surface area contributed by atoms with Crippen molar-refractivity contribution in [2.45, 2.75) is 18.8 Å². The fraction of sp³-hybridized carbons (Fsp3) is 0.263. The predicted molar refractivity (Wildman–Crippen MR) is 106 cm³/mol. The van der Waals surface area contributed by atoms with Gasteiger partial charge in [0.1, 0.15) is 5.75 Å². The number of alkyl halides is 3. The maximum atomic E-state index is 13.5. The van der Waals surface area contributed by atoms with E-state index in [1.807, 2.05) is 0 Å². The van der Waals surface area contributed by atoms with E-state index < -0.39 is 17.9 Å². The second kappa shape index (κ2) is 8.60. The second-order valence-corrected chi connectivity index (χ2v) is 6.70. The minimum atomic E-state index is -4.53. The molecule has 0 amide bonds. The summed E-state index contributed by atoms with van der Waals surface area (Å²) in [6.45, 7) is 0.592. The van der Waals surface area contributed by atoms with Crippen molar-refractivity contribution in [3.05, 3.63) is 64.7 Å². The fourth-order valence-corrected chi connectivity index (χ4v) is 3.07. The number of aliphatic imine (C=N–C) groups is 2. The largest absolute Gasteiger partial charge is 0.494 e. The van der Waals surface area contributed by atoms with Crippen LogP contribution >= 0.6 is 11.6 Å². The molecule has 1 unspecified atom stereocenters. The van der Waals surface area contributed by atoms with Crippen LogP contribution < -0.4 is 16.2 Å². The molecule has 0 radical (unpaired) electrons. The molecule has 2 aromatic carbocycles. The first kappa shape index (κ1) is 20.8. The van der Waals surface area contributed by atoms with Gasteiger partial charge in [-0.05, 0) is 36.8 Å². The fourth-order valence-electron chi connectivity index (χ4n) is 2.94. The summed E-state index contributed by atoms with van der Waals surface area (Å²) in [6.07, 6.45) is -5.09. The van der Waals surface area contributed by atoms with Crippen LogP contribution in [0.3, 0.4) is 0 Å². The summed E-state index contributed by atoms with van der Waals surface area (Å²) in [4.78, 5) is 9.47. The third-order valence-corrected chi connectivity index (χ3v) is 4.50. The van der Waals surface area contributed by atoms with Gasteiger partial charge in [0, 0.05) is 17.1 Å². The van der Waals surface area contributed by atoms with Crippen molar-refractivity contribution in [2.75, 3.05) is 13.2 Å². The average molecular weight is 426 g/mol. The zero-order chi connectivity index (χ0) is 21.0. The van der Waals surface area contributed by atoms with Crippen molar-refractivity contribution in [2.24, 2.45) is 21.5 Å². The Labute approximate surface area is 170 Å². The number of halogens is 4. The molecule has 0 fully saturated rings. The molecule has 0 bridgehead atoms. The number of nitrogens with two attached hydrogens (primary N) is 2. The number of guanidine groups is 2. The lowest BCUT2D eigenvalue weighted by Crippen LogP contribution is -2.45. The predicted octanol–water partition coefficient (Wildman–Crippen LogP) is 3.77. The lowest BCUT2D eigenvalue weighted by Gasteiger charge is -2.33. The third kappa shape index (κ3) is 5.11. The third-order valence-electron chi connectivity index (χ3n) is 4.24. The maximum Gasteiger partial charge on any atom is 0.416 e. The van der Waals surface area contributed by atoms with E-state index in [-0.39, 0.29) is 24.0 Å². The van der Waals surface area contributed by atoms with E-state index in [2.05, 4.69) is 9.98 Å². The zero-order valence-corrected chi connectivity index (χ0v) is 16.0. The Morgan fingerprint density at radius 2 is 1.76 bits per heavy atom. The highest BCUT2D eigenvalue weighted by Gasteiger charge is 2.37. The standard InChI is InChI=1S/C19H19ClF3N5O/c20-12-6-8-13(9-7-12)29-11-3-10-28-16(26-17(24)27-18(28)25)14-4-1-2-5-15(14)19(21,22)23/h1-2,4-9,16H,3,10-11H2,(H4,24,25,26,27). The van der Waals surface area contributed by atoms with E-state index in [1.165, 1.54) is 23.1 Å². The van der Waals surface area contributed by atoms with Crippen LogP contribution in [0.1, 0.15) is 23.7 Å². The van der Waals surface area contributed by atoms with E-state index in [0.29, 0.717) is 23.8 Å². The maximum absolute atomic E-state index is 13.5. The van der Waals surface area contributed by atoms with E-state index in [9.17, 15) is 13.2 Å². The Bertz CT molecular complexity index is 915. The molecular weight excluding hydrogens is 407 g/mol. The molecule has 1 aliphatic rings. The summed E-state index contributed by atoms with van der Waals surface area (Å²) in [7, 11) is 0. The number of rotatable bonds is 6.